The van der Waals surface area contributed by atoms with Crippen LogP contribution in [0.4, 0.5) is 0 Å². The summed E-state index contributed by atoms with van der Waals surface area (Å²) in [6.07, 6.45) is 3.68. The molecule has 0 aromatic carbocycles. The van der Waals surface area contributed by atoms with Crippen LogP contribution in [0.5, 0.6) is 0 Å². The summed E-state index contributed by atoms with van der Waals surface area (Å²) in [5.41, 5.74) is 0. The van der Waals surface area contributed by atoms with Crippen molar-refractivity contribution >= 4 is 21.2 Å². The second-order valence-corrected chi connectivity index (χ2v) is 9.58. The molecule has 4 nitrogen and oxygen atoms in total. The molecule has 2 atom stereocenters. The van der Waals surface area contributed by atoms with Gasteiger partial charge in [-0.15, -0.1) is 11.3 Å². The molecule has 2 unspecified atom stereocenters. The van der Waals surface area contributed by atoms with Crippen molar-refractivity contribution < 1.29 is 8.42 Å². The Kier molecular flexibility index (Phi) is 5.20. The fourth-order valence-corrected chi connectivity index (χ4v) is 5.55. The highest BCUT2D eigenvalue weighted by molar-refractivity contribution is 7.91. The van der Waals surface area contributed by atoms with Crippen molar-refractivity contribution in [2.24, 2.45) is 11.8 Å². The smallest absolute Gasteiger partial charge is 0.150 e. The van der Waals surface area contributed by atoms with Crippen molar-refractivity contribution in [2.45, 2.75) is 39.7 Å². The third-order valence-corrected chi connectivity index (χ3v) is 6.58. The van der Waals surface area contributed by atoms with E-state index in [1.807, 2.05) is 13.1 Å². The molecule has 0 bridgehead atoms. The quantitative estimate of drug-likeness (QED) is 0.872. The van der Waals surface area contributed by atoms with Crippen molar-refractivity contribution in [3.63, 3.8) is 0 Å². The summed E-state index contributed by atoms with van der Waals surface area (Å²) in [7, 11) is -2.81. The van der Waals surface area contributed by atoms with Crippen LogP contribution in [0.15, 0.2) is 6.20 Å². The van der Waals surface area contributed by atoms with Crippen LogP contribution in [0.2, 0.25) is 0 Å². The molecule has 0 amide bonds. The van der Waals surface area contributed by atoms with Crippen molar-refractivity contribution in [1.29, 1.82) is 0 Å². The molecule has 0 radical (unpaired) electrons. The number of hydrogen-bond donors (Lipinski definition) is 1. The minimum absolute atomic E-state index is 0.286. The first-order valence-corrected chi connectivity index (χ1v) is 9.84. The zero-order valence-electron chi connectivity index (χ0n) is 12.4. The lowest BCUT2D eigenvalue weighted by Gasteiger charge is -2.23. The zero-order chi connectivity index (χ0) is 14.8. The minimum atomic E-state index is -2.81. The van der Waals surface area contributed by atoms with E-state index in [9.17, 15) is 8.42 Å². The predicted molar refractivity (Wildman–Crippen MR) is 83.9 cm³/mol. The van der Waals surface area contributed by atoms with E-state index >= 15 is 0 Å². The lowest BCUT2D eigenvalue weighted by Crippen LogP contribution is -2.34. The molecular formula is C14H24N2O2S2. The van der Waals surface area contributed by atoms with Crippen LogP contribution in [0, 0.1) is 18.8 Å². The van der Waals surface area contributed by atoms with Crippen molar-refractivity contribution in [2.75, 3.05) is 18.1 Å². The maximum Gasteiger partial charge on any atom is 0.150 e. The van der Waals surface area contributed by atoms with Crippen LogP contribution >= 0.6 is 11.3 Å². The molecule has 0 aliphatic carbocycles. The standard InChI is InChI=1S/C14H24N2O2S2/c1-10(2)15-7-13(6-14-8-16-11(3)19-14)12-4-5-20(17,18)9-12/h8,10,12-13,15H,4-7,9H2,1-3H3. The molecular weight excluding hydrogens is 292 g/mol. The Labute approximate surface area is 125 Å². The molecule has 0 saturated carbocycles. The second kappa shape index (κ2) is 6.54. The van der Waals surface area contributed by atoms with Crippen LogP contribution in [0.25, 0.3) is 0 Å². The van der Waals surface area contributed by atoms with Crippen LogP contribution in [0.1, 0.15) is 30.2 Å². The molecule has 114 valence electrons. The van der Waals surface area contributed by atoms with Crippen LogP contribution in [0.3, 0.4) is 0 Å². The Morgan fingerprint density at radius 2 is 2.25 bits per heavy atom. The average molecular weight is 316 g/mol. The molecule has 1 aromatic heterocycles. The number of thiazole rings is 1. The summed E-state index contributed by atoms with van der Waals surface area (Å²) in [6.45, 7) is 7.14. The summed E-state index contributed by atoms with van der Waals surface area (Å²) in [5.74, 6) is 1.38. The van der Waals surface area contributed by atoms with Gasteiger partial charge in [0.1, 0.15) is 0 Å². The molecule has 0 spiro atoms. The fraction of sp³-hybridized carbons (Fsp3) is 0.786. The molecule has 1 aliphatic rings. The van der Waals surface area contributed by atoms with Gasteiger partial charge in [0.2, 0.25) is 0 Å². The van der Waals surface area contributed by atoms with E-state index in [0.717, 1.165) is 24.4 Å². The van der Waals surface area contributed by atoms with Gasteiger partial charge in [0.25, 0.3) is 0 Å². The second-order valence-electron chi connectivity index (χ2n) is 6.04. The van der Waals surface area contributed by atoms with E-state index in [4.69, 9.17) is 0 Å². The maximum absolute atomic E-state index is 11.7. The number of sulfone groups is 1. The topological polar surface area (TPSA) is 59.1 Å². The van der Waals surface area contributed by atoms with Gasteiger partial charge in [0, 0.05) is 17.1 Å². The number of rotatable bonds is 6. The lowest BCUT2D eigenvalue weighted by atomic mass is 9.88. The largest absolute Gasteiger partial charge is 0.314 e. The lowest BCUT2D eigenvalue weighted by molar-refractivity contribution is 0.335. The number of nitrogens with zero attached hydrogens (tertiary/aromatic N) is 1. The molecule has 6 heteroatoms. The van der Waals surface area contributed by atoms with Gasteiger partial charge in [-0.3, -0.25) is 0 Å². The minimum Gasteiger partial charge on any atom is -0.314 e. The summed E-state index contributed by atoms with van der Waals surface area (Å²) in [5, 5.41) is 4.54. The number of aromatic nitrogens is 1. The van der Waals surface area contributed by atoms with Gasteiger partial charge in [-0.25, -0.2) is 13.4 Å². The van der Waals surface area contributed by atoms with E-state index in [1.54, 1.807) is 11.3 Å². The van der Waals surface area contributed by atoms with E-state index in [2.05, 4.69) is 24.1 Å². The van der Waals surface area contributed by atoms with Gasteiger partial charge in [0.15, 0.2) is 9.84 Å². The van der Waals surface area contributed by atoms with E-state index in [-0.39, 0.29) is 5.92 Å². The highest BCUT2D eigenvalue weighted by Crippen LogP contribution is 2.29. The third-order valence-electron chi connectivity index (χ3n) is 3.86. The highest BCUT2D eigenvalue weighted by Gasteiger charge is 2.33. The molecule has 2 heterocycles. The van der Waals surface area contributed by atoms with Gasteiger partial charge < -0.3 is 5.32 Å². The van der Waals surface area contributed by atoms with E-state index in [1.165, 1.54) is 4.88 Å². The normalized spacial score (nSPS) is 23.3. The van der Waals surface area contributed by atoms with Crippen molar-refractivity contribution in [3.8, 4) is 0 Å². The van der Waals surface area contributed by atoms with Crippen LogP contribution in [-0.4, -0.2) is 37.5 Å². The third kappa shape index (κ3) is 4.53. The van der Waals surface area contributed by atoms with Crippen molar-refractivity contribution in [1.82, 2.24) is 10.3 Å². The van der Waals surface area contributed by atoms with E-state index < -0.39 is 9.84 Å². The maximum atomic E-state index is 11.7. The highest BCUT2D eigenvalue weighted by atomic mass is 32.2. The van der Waals surface area contributed by atoms with Crippen LogP contribution < -0.4 is 5.32 Å². The fourth-order valence-electron chi connectivity index (χ4n) is 2.75. The monoisotopic (exact) mass is 316 g/mol. The SMILES string of the molecule is Cc1ncc(CC(CNC(C)C)C2CCS(=O)(=O)C2)s1. The Balaban J connectivity index is 2.04. The first-order chi connectivity index (χ1) is 9.35. The first-order valence-electron chi connectivity index (χ1n) is 7.21. The Morgan fingerprint density at radius 3 is 2.75 bits per heavy atom. The van der Waals surface area contributed by atoms with Gasteiger partial charge >= 0.3 is 0 Å². The molecule has 1 fully saturated rings. The Hall–Kier alpha value is -0.460. The molecule has 20 heavy (non-hydrogen) atoms. The zero-order valence-corrected chi connectivity index (χ0v) is 14.1. The van der Waals surface area contributed by atoms with Crippen LogP contribution in [-0.2, 0) is 16.3 Å². The van der Waals surface area contributed by atoms with Crippen molar-refractivity contribution in [3.05, 3.63) is 16.1 Å². The molecule has 2 rings (SSSR count). The number of aryl methyl sites for hydroxylation is 1. The average Bonchev–Trinajstić information content (AvgIpc) is 2.90. The van der Waals surface area contributed by atoms with Gasteiger partial charge in [0.05, 0.1) is 16.5 Å². The number of hydrogen-bond acceptors (Lipinski definition) is 5. The summed E-state index contributed by atoms with van der Waals surface area (Å²) in [6, 6.07) is 0.429. The summed E-state index contributed by atoms with van der Waals surface area (Å²) in [4.78, 5) is 5.57. The van der Waals surface area contributed by atoms with Gasteiger partial charge in [-0.1, -0.05) is 13.8 Å². The van der Waals surface area contributed by atoms with E-state index in [0.29, 0.717) is 23.5 Å². The van der Waals surface area contributed by atoms with Gasteiger partial charge in [-0.2, -0.15) is 0 Å². The predicted octanol–water partition coefficient (Wildman–Crippen LogP) is 2.04. The summed E-state index contributed by atoms with van der Waals surface area (Å²) < 4.78 is 23.4. The molecule has 1 N–H and O–H groups in total. The van der Waals surface area contributed by atoms with Gasteiger partial charge in [-0.05, 0) is 38.1 Å². The molecule has 1 saturated heterocycles. The molecule has 1 aliphatic heterocycles. The summed E-state index contributed by atoms with van der Waals surface area (Å²) >= 11 is 1.72. The first kappa shape index (κ1) is 15.9. The Morgan fingerprint density at radius 1 is 1.50 bits per heavy atom. The number of nitrogens with one attached hydrogen (secondary N) is 1. The Bertz CT molecular complexity index is 537. The molecule has 1 aromatic rings.